The van der Waals surface area contributed by atoms with Crippen molar-refractivity contribution in [3.8, 4) is 40.2 Å². The highest BCUT2D eigenvalue weighted by Gasteiger charge is 2.53. The average molecular weight is 738 g/mol. The first-order valence-corrected chi connectivity index (χ1v) is 17.7. The van der Waals surface area contributed by atoms with Gasteiger partial charge in [0.25, 0.3) is 0 Å². The number of benzene rings is 3. The van der Waals surface area contributed by atoms with E-state index in [4.69, 9.17) is 37.9 Å². The second-order valence-corrected chi connectivity index (χ2v) is 13.6. The molecule has 4 heterocycles. The molecular formula is C39H35N3O10S. The zero-order valence-corrected chi connectivity index (χ0v) is 30.1. The quantitative estimate of drug-likeness (QED) is 0.0831. The fourth-order valence-corrected chi connectivity index (χ4v) is 8.02. The summed E-state index contributed by atoms with van der Waals surface area (Å²) in [5.41, 5.74) is 3.55. The summed E-state index contributed by atoms with van der Waals surface area (Å²) in [6.07, 6.45) is 5.13. The first-order chi connectivity index (χ1) is 25.9. The fourth-order valence-electron chi connectivity index (χ4n) is 7.40. The number of methoxy groups -OCH3 is 4. The number of carbonyl (C=O) groups excluding carboxylic acids is 2. The predicted octanol–water partition coefficient (Wildman–Crippen LogP) is 6.10. The van der Waals surface area contributed by atoms with Gasteiger partial charge < -0.3 is 37.9 Å². The molecule has 272 valence electrons. The molecule has 3 aromatic carbocycles. The lowest BCUT2D eigenvalue weighted by Gasteiger charge is -2.39. The van der Waals surface area contributed by atoms with Gasteiger partial charge in [0.05, 0.1) is 53.2 Å². The highest BCUT2D eigenvalue weighted by Crippen LogP contribution is 2.56. The molecule has 5 aromatic rings. The molecule has 1 fully saturated rings. The summed E-state index contributed by atoms with van der Waals surface area (Å²) in [4.78, 5) is 27.5. The molecule has 0 bridgehead atoms. The minimum absolute atomic E-state index is 0.0697. The number of nitrogens with zero attached hydrogens (tertiary/aromatic N) is 3. The SMILES string of the molecule is COc1cc(C(=O)/C=C/c2cccs2)ccc1OCc1cn([C@H]2c3cc4c(cc3[C@@H](c3cc(OC)c(OC)c(OC)c3)[C@H]3C(=O)OC[C@@H]32)OCO4)nn1. The lowest BCUT2D eigenvalue weighted by Crippen LogP contribution is -2.37. The van der Waals surface area contributed by atoms with E-state index in [-0.39, 0.29) is 37.7 Å². The molecule has 1 aliphatic carbocycles. The van der Waals surface area contributed by atoms with E-state index in [0.717, 1.165) is 21.6 Å². The summed E-state index contributed by atoms with van der Waals surface area (Å²) in [5.74, 6) is 1.63. The monoisotopic (exact) mass is 737 g/mol. The topological polar surface area (TPSA) is 139 Å². The van der Waals surface area contributed by atoms with Crippen LogP contribution in [0.3, 0.4) is 0 Å². The Bertz CT molecular complexity index is 2190. The molecule has 14 heteroatoms. The Morgan fingerprint density at radius 1 is 0.906 bits per heavy atom. The van der Waals surface area contributed by atoms with Gasteiger partial charge in [-0.15, -0.1) is 16.4 Å². The maximum atomic E-state index is 13.7. The number of hydrogen-bond acceptors (Lipinski definition) is 13. The largest absolute Gasteiger partial charge is 0.493 e. The van der Waals surface area contributed by atoms with Gasteiger partial charge in [0.2, 0.25) is 12.5 Å². The van der Waals surface area contributed by atoms with Gasteiger partial charge >= 0.3 is 5.97 Å². The molecule has 13 nitrogen and oxygen atoms in total. The van der Waals surface area contributed by atoms with Crippen LogP contribution in [0.5, 0.6) is 40.2 Å². The summed E-state index contributed by atoms with van der Waals surface area (Å²) in [6, 6.07) is 16.1. The predicted molar refractivity (Wildman–Crippen MR) is 192 cm³/mol. The lowest BCUT2D eigenvalue weighted by molar-refractivity contribution is -0.141. The minimum Gasteiger partial charge on any atom is -0.493 e. The molecule has 0 unspecified atom stereocenters. The van der Waals surface area contributed by atoms with E-state index in [1.165, 1.54) is 13.2 Å². The van der Waals surface area contributed by atoms with Gasteiger partial charge in [-0.05, 0) is 82.8 Å². The Labute approximate surface area is 308 Å². The number of ketones is 1. The van der Waals surface area contributed by atoms with E-state index in [1.807, 2.05) is 41.8 Å². The van der Waals surface area contributed by atoms with Crippen molar-refractivity contribution in [3.63, 3.8) is 0 Å². The first kappa shape index (κ1) is 34.1. The van der Waals surface area contributed by atoms with Gasteiger partial charge in [-0.3, -0.25) is 9.59 Å². The van der Waals surface area contributed by atoms with Crippen molar-refractivity contribution in [2.75, 3.05) is 41.8 Å². The molecule has 53 heavy (non-hydrogen) atoms. The average Bonchev–Trinajstić information content (AvgIpc) is 4.03. The van der Waals surface area contributed by atoms with Crippen LogP contribution in [0.15, 0.2) is 72.3 Å². The first-order valence-electron chi connectivity index (χ1n) is 16.8. The van der Waals surface area contributed by atoms with E-state index < -0.39 is 17.9 Å². The summed E-state index contributed by atoms with van der Waals surface area (Å²) in [7, 11) is 6.18. The number of thiophene rings is 1. The smallest absolute Gasteiger partial charge is 0.310 e. The van der Waals surface area contributed by atoms with Gasteiger partial charge in [0, 0.05) is 22.3 Å². The molecule has 3 aliphatic rings. The Morgan fingerprint density at radius 3 is 2.36 bits per heavy atom. The van der Waals surface area contributed by atoms with Crippen LogP contribution < -0.4 is 33.2 Å². The molecule has 8 rings (SSSR count). The molecule has 0 N–H and O–H groups in total. The van der Waals surface area contributed by atoms with Gasteiger partial charge in [-0.1, -0.05) is 11.3 Å². The van der Waals surface area contributed by atoms with Crippen LogP contribution in [0.2, 0.25) is 0 Å². The van der Waals surface area contributed by atoms with Gasteiger partial charge in [-0.2, -0.15) is 0 Å². The zero-order chi connectivity index (χ0) is 36.6. The summed E-state index contributed by atoms with van der Waals surface area (Å²) >= 11 is 1.55. The third-order valence-electron chi connectivity index (χ3n) is 9.80. The molecule has 2 aromatic heterocycles. The molecule has 0 amide bonds. The maximum Gasteiger partial charge on any atom is 0.310 e. The third-order valence-corrected chi connectivity index (χ3v) is 10.6. The number of esters is 1. The number of cyclic esters (lactones) is 1. The zero-order valence-electron chi connectivity index (χ0n) is 29.3. The fraction of sp³-hybridized carbons (Fsp3) is 0.282. The van der Waals surface area contributed by atoms with E-state index >= 15 is 0 Å². The van der Waals surface area contributed by atoms with Gasteiger partial charge in [0.15, 0.2) is 40.3 Å². The molecule has 1 saturated heterocycles. The van der Waals surface area contributed by atoms with Crippen LogP contribution >= 0.6 is 11.3 Å². The molecule has 4 atom stereocenters. The minimum atomic E-state index is -0.579. The number of carbonyl (C=O) groups is 2. The summed E-state index contributed by atoms with van der Waals surface area (Å²) < 4.78 is 47.8. The Hall–Kier alpha value is -6.02. The number of ether oxygens (including phenoxy) is 8. The van der Waals surface area contributed by atoms with Crippen molar-refractivity contribution >= 4 is 29.2 Å². The van der Waals surface area contributed by atoms with Crippen LogP contribution in [-0.2, 0) is 16.1 Å². The normalized spacial score (nSPS) is 19.7. The Kier molecular flexibility index (Phi) is 9.12. The van der Waals surface area contributed by atoms with Crippen molar-refractivity contribution in [1.29, 1.82) is 0 Å². The number of rotatable bonds is 12. The second-order valence-electron chi connectivity index (χ2n) is 12.6. The van der Waals surface area contributed by atoms with E-state index in [1.54, 1.807) is 67.8 Å². The van der Waals surface area contributed by atoms with Gasteiger partial charge in [-0.25, -0.2) is 4.68 Å². The Balaban J connectivity index is 1.10. The van der Waals surface area contributed by atoms with Crippen molar-refractivity contribution in [3.05, 3.63) is 105 Å². The summed E-state index contributed by atoms with van der Waals surface area (Å²) in [5, 5.41) is 10.9. The van der Waals surface area contributed by atoms with Crippen LogP contribution in [-0.4, -0.2) is 68.6 Å². The van der Waals surface area contributed by atoms with Crippen molar-refractivity contribution < 1.29 is 47.5 Å². The van der Waals surface area contributed by atoms with Gasteiger partial charge in [0.1, 0.15) is 12.3 Å². The van der Waals surface area contributed by atoms with Crippen LogP contribution in [0.25, 0.3) is 6.08 Å². The second kappa shape index (κ2) is 14.2. The highest BCUT2D eigenvalue weighted by molar-refractivity contribution is 7.10. The lowest BCUT2D eigenvalue weighted by atomic mass is 9.65. The number of aromatic nitrogens is 3. The van der Waals surface area contributed by atoms with Crippen molar-refractivity contribution in [2.24, 2.45) is 11.8 Å². The molecule has 0 saturated carbocycles. The number of hydrogen-bond donors (Lipinski definition) is 0. The van der Waals surface area contributed by atoms with E-state index in [0.29, 0.717) is 51.5 Å². The van der Waals surface area contributed by atoms with Crippen LogP contribution in [0.4, 0.5) is 0 Å². The number of fused-ring (bicyclic) bond motifs is 3. The molecular weight excluding hydrogens is 703 g/mol. The van der Waals surface area contributed by atoms with Crippen LogP contribution in [0.1, 0.15) is 49.6 Å². The van der Waals surface area contributed by atoms with Crippen molar-refractivity contribution in [2.45, 2.75) is 18.6 Å². The van der Waals surface area contributed by atoms with E-state index in [2.05, 4.69) is 10.3 Å². The summed E-state index contributed by atoms with van der Waals surface area (Å²) in [6.45, 7) is 0.335. The highest BCUT2D eigenvalue weighted by atomic mass is 32.1. The Morgan fingerprint density at radius 2 is 1.66 bits per heavy atom. The maximum absolute atomic E-state index is 13.7. The number of allylic oxidation sites excluding steroid dienone is 1. The third kappa shape index (κ3) is 6.18. The van der Waals surface area contributed by atoms with Crippen LogP contribution in [0, 0.1) is 11.8 Å². The van der Waals surface area contributed by atoms with E-state index in [9.17, 15) is 9.59 Å². The standard InChI is InChI=1S/C39H35N3O10S/c1-45-30-12-21(28(43)9-8-24-6-5-11-53-24)7-10-29(30)49-18-23-17-42(41-40-23)37-26-16-32-31(51-20-52-32)15-25(26)35(36-27(37)19-50-39(36)44)22-13-33(46-2)38(48-4)34(14-22)47-3/h5-17,27,35-37H,18-20H2,1-4H3/b9-8+/t27-,35+,36-,37-/m0/s1. The molecule has 2 aliphatic heterocycles. The molecule has 0 radical (unpaired) electrons. The van der Waals surface area contributed by atoms with Crippen molar-refractivity contribution in [1.82, 2.24) is 15.0 Å². The molecule has 0 spiro atoms.